The number of anilines is 1. The Hall–Kier alpha value is -2.25. The summed E-state index contributed by atoms with van der Waals surface area (Å²) >= 11 is 5.97. The number of carbonyl (C=O) groups is 1. The fourth-order valence-corrected chi connectivity index (χ4v) is 3.97. The van der Waals surface area contributed by atoms with E-state index in [1.54, 1.807) is 25.3 Å². The van der Waals surface area contributed by atoms with Gasteiger partial charge in [-0.3, -0.25) is 9.10 Å². The van der Waals surface area contributed by atoms with Crippen molar-refractivity contribution in [3.8, 4) is 5.75 Å². The van der Waals surface area contributed by atoms with Gasteiger partial charge in [-0.05, 0) is 48.7 Å². The Kier molecular flexibility index (Phi) is 7.32. The van der Waals surface area contributed by atoms with Crippen molar-refractivity contribution in [3.05, 3.63) is 58.6 Å². The van der Waals surface area contributed by atoms with Crippen LogP contribution in [0.2, 0.25) is 5.02 Å². The monoisotopic (exact) mass is 424 g/mol. The number of rotatable bonds is 8. The number of sulfonamides is 1. The van der Waals surface area contributed by atoms with Crippen LogP contribution in [0, 0.1) is 6.92 Å². The number of carbonyl (C=O) groups excluding carboxylic acids is 1. The first-order chi connectivity index (χ1) is 13.2. The molecule has 1 atom stereocenters. The molecule has 6 nitrogen and oxygen atoms in total. The fraction of sp³-hybridized carbons (Fsp3) is 0.350. The van der Waals surface area contributed by atoms with Gasteiger partial charge >= 0.3 is 0 Å². The van der Waals surface area contributed by atoms with Crippen molar-refractivity contribution in [3.63, 3.8) is 0 Å². The standard InChI is InChI=1S/C20H25ClN2O4S/c1-5-18(15-9-10-19(27-3)14(2)11-15)22-20(24)13-23(28(4,25)26)17-8-6-7-16(21)12-17/h6-12,18H,5,13H2,1-4H3,(H,22,24). The van der Waals surface area contributed by atoms with E-state index in [0.29, 0.717) is 17.1 Å². The van der Waals surface area contributed by atoms with Crippen LogP contribution in [0.1, 0.15) is 30.5 Å². The number of benzene rings is 2. The molecule has 2 aromatic carbocycles. The van der Waals surface area contributed by atoms with Gasteiger partial charge in [0, 0.05) is 5.02 Å². The molecule has 0 fully saturated rings. The lowest BCUT2D eigenvalue weighted by atomic mass is 10.0. The van der Waals surface area contributed by atoms with Gasteiger partial charge in [0.15, 0.2) is 0 Å². The fourth-order valence-electron chi connectivity index (χ4n) is 2.94. The first-order valence-electron chi connectivity index (χ1n) is 8.83. The van der Waals surface area contributed by atoms with Crippen LogP contribution in [0.4, 0.5) is 5.69 Å². The molecule has 1 amide bonds. The Morgan fingerprint density at radius 3 is 2.50 bits per heavy atom. The predicted octanol–water partition coefficient (Wildman–Crippen LogP) is 3.69. The molecule has 1 unspecified atom stereocenters. The number of amides is 1. The topological polar surface area (TPSA) is 75.7 Å². The van der Waals surface area contributed by atoms with E-state index in [0.717, 1.165) is 27.4 Å². The second kappa shape index (κ2) is 9.30. The van der Waals surface area contributed by atoms with E-state index in [-0.39, 0.29) is 12.6 Å². The maximum Gasteiger partial charge on any atom is 0.241 e. The van der Waals surface area contributed by atoms with Gasteiger partial charge < -0.3 is 10.1 Å². The molecule has 0 spiro atoms. The second-order valence-corrected chi connectivity index (χ2v) is 8.85. The lowest BCUT2D eigenvalue weighted by Gasteiger charge is -2.24. The number of hydrogen-bond donors (Lipinski definition) is 1. The molecule has 152 valence electrons. The van der Waals surface area contributed by atoms with Gasteiger partial charge in [-0.1, -0.05) is 36.7 Å². The van der Waals surface area contributed by atoms with Crippen LogP contribution < -0.4 is 14.4 Å². The minimum Gasteiger partial charge on any atom is -0.496 e. The Morgan fingerprint density at radius 1 is 1.25 bits per heavy atom. The average Bonchev–Trinajstić information content (AvgIpc) is 2.63. The van der Waals surface area contributed by atoms with Crippen molar-refractivity contribution in [1.82, 2.24) is 5.32 Å². The molecule has 0 aliphatic heterocycles. The average molecular weight is 425 g/mol. The van der Waals surface area contributed by atoms with E-state index in [9.17, 15) is 13.2 Å². The van der Waals surface area contributed by atoms with E-state index >= 15 is 0 Å². The molecule has 2 rings (SSSR count). The first kappa shape index (κ1) is 22.0. The summed E-state index contributed by atoms with van der Waals surface area (Å²) in [7, 11) is -2.05. The first-order valence-corrected chi connectivity index (χ1v) is 11.1. The molecule has 0 radical (unpaired) electrons. The Labute approximate surface area is 171 Å². The molecule has 0 saturated carbocycles. The number of methoxy groups -OCH3 is 1. The van der Waals surface area contributed by atoms with Crippen LogP contribution in [0.25, 0.3) is 0 Å². The van der Waals surface area contributed by atoms with Crippen LogP contribution >= 0.6 is 11.6 Å². The molecule has 8 heteroatoms. The lowest BCUT2D eigenvalue weighted by molar-refractivity contribution is -0.120. The Morgan fingerprint density at radius 2 is 1.96 bits per heavy atom. The van der Waals surface area contributed by atoms with Crippen LogP contribution in [0.5, 0.6) is 5.75 Å². The maximum atomic E-state index is 12.6. The number of aryl methyl sites for hydroxylation is 1. The number of ether oxygens (including phenoxy) is 1. The molecule has 1 N–H and O–H groups in total. The van der Waals surface area contributed by atoms with Gasteiger partial charge in [-0.15, -0.1) is 0 Å². The van der Waals surface area contributed by atoms with Gasteiger partial charge in [-0.25, -0.2) is 8.42 Å². The van der Waals surface area contributed by atoms with E-state index in [4.69, 9.17) is 16.3 Å². The second-order valence-electron chi connectivity index (χ2n) is 6.51. The molecule has 2 aromatic rings. The number of halogens is 1. The smallest absolute Gasteiger partial charge is 0.241 e. The van der Waals surface area contributed by atoms with Crippen molar-refractivity contribution in [1.29, 1.82) is 0 Å². The van der Waals surface area contributed by atoms with E-state index in [1.165, 1.54) is 6.07 Å². The van der Waals surface area contributed by atoms with Crippen molar-refractivity contribution in [2.45, 2.75) is 26.3 Å². The maximum absolute atomic E-state index is 12.6. The minimum absolute atomic E-state index is 0.238. The SMILES string of the molecule is CCC(NC(=O)CN(c1cccc(Cl)c1)S(C)(=O)=O)c1ccc(OC)c(C)c1. The highest BCUT2D eigenvalue weighted by molar-refractivity contribution is 7.92. The molecule has 0 aromatic heterocycles. The summed E-state index contributed by atoms with van der Waals surface area (Å²) in [6.07, 6.45) is 1.72. The summed E-state index contributed by atoms with van der Waals surface area (Å²) in [5.41, 5.74) is 2.24. The van der Waals surface area contributed by atoms with E-state index in [1.807, 2.05) is 32.0 Å². The lowest BCUT2D eigenvalue weighted by Crippen LogP contribution is -2.41. The summed E-state index contributed by atoms with van der Waals surface area (Å²) in [4.78, 5) is 12.6. The highest BCUT2D eigenvalue weighted by Crippen LogP contribution is 2.25. The molecule has 0 heterocycles. The summed E-state index contributed by atoms with van der Waals surface area (Å²) in [5, 5.41) is 3.31. The van der Waals surface area contributed by atoms with Crippen molar-refractivity contribution >= 4 is 33.2 Å². The van der Waals surface area contributed by atoms with Crippen LogP contribution in [-0.2, 0) is 14.8 Å². The molecular formula is C20H25ClN2O4S. The van der Waals surface area contributed by atoms with E-state index in [2.05, 4.69) is 5.32 Å². The zero-order valence-electron chi connectivity index (χ0n) is 16.4. The third-order valence-corrected chi connectivity index (χ3v) is 5.72. The summed E-state index contributed by atoms with van der Waals surface area (Å²) in [5.74, 6) is 0.375. The summed E-state index contributed by atoms with van der Waals surface area (Å²) in [6, 6.07) is 11.9. The van der Waals surface area contributed by atoms with Crippen LogP contribution in [0.15, 0.2) is 42.5 Å². The molecule has 0 aliphatic carbocycles. The van der Waals surface area contributed by atoms with Gasteiger partial charge in [-0.2, -0.15) is 0 Å². The highest BCUT2D eigenvalue weighted by atomic mass is 35.5. The van der Waals surface area contributed by atoms with Gasteiger partial charge in [0.25, 0.3) is 0 Å². The van der Waals surface area contributed by atoms with E-state index < -0.39 is 15.9 Å². The van der Waals surface area contributed by atoms with Crippen LogP contribution in [0.3, 0.4) is 0 Å². The number of nitrogens with one attached hydrogen (secondary N) is 1. The Balaban J connectivity index is 2.20. The van der Waals surface area contributed by atoms with Crippen LogP contribution in [-0.4, -0.2) is 34.2 Å². The number of hydrogen-bond acceptors (Lipinski definition) is 4. The zero-order valence-corrected chi connectivity index (χ0v) is 18.0. The number of nitrogens with zero attached hydrogens (tertiary/aromatic N) is 1. The van der Waals surface area contributed by atoms with Crippen molar-refractivity contribution < 1.29 is 17.9 Å². The largest absolute Gasteiger partial charge is 0.496 e. The predicted molar refractivity (Wildman–Crippen MR) is 113 cm³/mol. The summed E-state index contributed by atoms with van der Waals surface area (Å²) < 4.78 is 30.7. The van der Waals surface area contributed by atoms with Gasteiger partial charge in [0.2, 0.25) is 15.9 Å². The Bertz CT molecular complexity index is 947. The quantitative estimate of drug-likeness (QED) is 0.701. The van der Waals surface area contributed by atoms with Gasteiger partial charge in [0.1, 0.15) is 12.3 Å². The van der Waals surface area contributed by atoms with Crippen molar-refractivity contribution in [2.24, 2.45) is 0 Å². The zero-order chi connectivity index (χ0) is 20.9. The third-order valence-electron chi connectivity index (χ3n) is 4.35. The van der Waals surface area contributed by atoms with Crippen molar-refractivity contribution in [2.75, 3.05) is 24.2 Å². The molecule has 0 saturated heterocycles. The molecule has 0 bridgehead atoms. The highest BCUT2D eigenvalue weighted by Gasteiger charge is 2.23. The third kappa shape index (κ3) is 5.62. The molecule has 28 heavy (non-hydrogen) atoms. The summed E-state index contributed by atoms with van der Waals surface area (Å²) in [6.45, 7) is 3.56. The molecule has 0 aliphatic rings. The van der Waals surface area contributed by atoms with Gasteiger partial charge in [0.05, 0.1) is 25.1 Å². The normalized spacial score (nSPS) is 12.3. The minimum atomic E-state index is -3.66. The molecular weight excluding hydrogens is 400 g/mol.